The molecule has 26 heavy (non-hydrogen) atoms. The van der Waals surface area contributed by atoms with E-state index in [4.69, 9.17) is 39.5 Å². The Balaban J connectivity index is 0. The van der Waals surface area contributed by atoms with Gasteiger partial charge >= 0.3 is 0 Å². The van der Waals surface area contributed by atoms with Crippen LogP contribution in [0.2, 0.25) is 0 Å². The fourth-order valence-electron chi connectivity index (χ4n) is 1.05. The predicted molar refractivity (Wildman–Crippen MR) is 118 cm³/mol. The monoisotopic (exact) mass is 443 g/mol. The van der Waals surface area contributed by atoms with Crippen molar-refractivity contribution in [2.45, 2.75) is 11.4 Å². The summed E-state index contributed by atoms with van der Waals surface area (Å²) >= 11 is 13.8. The molecule has 0 aliphatic heterocycles. The van der Waals surface area contributed by atoms with E-state index in [1.54, 1.807) is 35.7 Å². The van der Waals surface area contributed by atoms with Gasteiger partial charge in [0, 0.05) is 6.08 Å². The smallest absolute Gasteiger partial charge is 0.199 e. The molecule has 1 rings (SSSR count). The zero-order chi connectivity index (χ0) is 20.5. The summed E-state index contributed by atoms with van der Waals surface area (Å²) in [4.78, 5) is 6.79. The SMILES string of the molecule is CSC(=CC#N)SC.CSc1nc(N)[nH]c(=S)c1C#N.N#CCC(N)=S. The van der Waals surface area contributed by atoms with Gasteiger partial charge in [0.05, 0.1) is 27.8 Å². The highest BCUT2D eigenvalue weighted by molar-refractivity contribution is 8.21. The van der Waals surface area contributed by atoms with Crippen LogP contribution in [0.15, 0.2) is 15.3 Å². The summed E-state index contributed by atoms with van der Waals surface area (Å²) in [5.74, 6) is 0.239. The number of aromatic amines is 1. The molecule has 0 atom stereocenters. The molecule has 12 heteroatoms. The van der Waals surface area contributed by atoms with Gasteiger partial charge < -0.3 is 16.5 Å². The number of nitriles is 3. The van der Waals surface area contributed by atoms with Crippen LogP contribution >= 0.6 is 59.7 Å². The summed E-state index contributed by atoms with van der Waals surface area (Å²) in [5, 5.41) is 25.2. The van der Waals surface area contributed by atoms with Crippen LogP contribution in [0.25, 0.3) is 0 Å². The second-order valence-corrected chi connectivity index (χ2v) is 7.43. The Labute approximate surface area is 176 Å². The summed E-state index contributed by atoms with van der Waals surface area (Å²) in [5.41, 5.74) is 10.7. The van der Waals surface area contributed by atoms with E-state index >= 15 is 0 Å². The zero-order valence-corrected chi connectivity index (χ0v) is 18.4. The Hall–Kier alpha value is -1.75. The largest absolute Gasteiger partial charge is 0.392 e. The van der Waals surface area contributed by atoms with Crippen molar-refractivity contribution in [3.63, 3.8) is 0 Å². The lowest BCUT2D eigenvalue weighted by Crippen LogP contribution is -2.04. The number of H-pyrrole nitrogens is 1. The van der Waals surface area contributed by atoms with Gasteiger partial charge in [0.1, 0.15) is 21.3 Å². The van der Waals surface area contributed by atoms with Crippen LogP contribution in [0.1, 0.15) is 12.0 Å². The molecule has 7 nitrogen and oxygen atoms in total. The Morgan fingerprint density at radius 1 is 1.27 bits per heavy atom. The summed E-state index contributed by atoms with van der Waals surface area (Å²) in [6.07, 6.45) is 7.47. The normalized spacial score (nSPS) is 8.15. The van der Waals surface area contributed by atoms with E-state index in [1.807, 2.05) is 30.9 Å². The molecule has 0 bridgehead atoms. The lowest BCUT2D eigenvalue weighted by Gasteiger charge is -1.99. The average Bonchev–Trinajstić information content (AvgIpc) is 2.60. The molecule has 1 aromatic heterocycles. The summed E-state index contributed by atoms with van der Waals surface area (Å²) in [7, 11) is 0. The fraction of sp³-hybridized carbons (Fsp3) is 0.286. The van der Waals surface area contributed by atoms with Gasteiger partial charge in [-0.25, -0.2) is 4.98 Å². The van der Waals surface area contributed by atoms with Crippen molar-refractivity contribution >= 4 is 70.7 Å². The number of hydrogen-bond acceptors (Lipinski definition) is 10. The van der Waals surface area contributed by atoms with Gasteiger partial charge in [0.2, 0.25) is 0 Å². The molecule has 0 aromatic carbocycles. The Morgan fingerprint density at radius 3 is 2.12 bits per heavy atom. The van der Waals surface area contributed by atoms with Gasteiger partial charge in [-0.15, -0.1) is 35.3 Å². The van der Waals surface area contributed by atoms with Crippen molar-refractivity contribution in [2.24, 2.45) is 5.73 Å². The van der Waals surface area contributed by atoms with Gasteiger partial charge in [-0.05, 0) is 18.8 Å². The van der Waals surface area contributed by atoms with Gasteiger partial charge in [-0.2, -0.15) is 15.8 Å². The lowest BCUT2D eigenvalue weighted by atomic mass is 10.4. The molecule has 0 spiro atoms. The summed E-state index contributed by atoms with van der Waals surface area (Å²) in [6.45, 7) is 0. The minimum absolute atomic E-state index is 0.190. The number of rotatable bonds is 4. The number of nitrogen functional groups attached to an aromatic ring is 1. The number of nitrogens with two attached hydrogens (primary N) is 2. The number of nitrogens with one attached hydrogen (secondary N) is 1. The van der Waals surface area contributed by atoms with Crippen molar-refractivity contribution in [3.05, 3.63) is 20.5 Å². The third-order valence-corrected chi connectivity index (χ3v) is 5.22. The van der Waals surface area contributed by atoms with Crippen molar-refractivity contribution in [1.82, 2.24) is 9.97 Å². The predicted octanol–water partition coefficient (Wildman–Crippen LogP) is 3.58. The number of anilines is 1. The van der Waals surface area contributed by atoms with E-state index in [0.29, 0.717) is 15.2 Å². The maximum Gasteiger partial charge on any atom is 0.199 e. The van der Waals surface area contributed by atoms with E-state index in [-0.39, 0.29) is 17.4 Å². The topological polar surface area (TPSA) is 152 Å². The fourth-order valence-corrected chi connectivity index (χ4v) is 2.97. The molecule has 0 aliphatic carbocycles. The highest BCUT2D eigenvalue weighted by Gasteiger charge is 2.05. The maximum absolute atomic E-state index is 8.69. The molecule has 0 aliphatic rings. The molecule has 0 amide bonds. The standard InChI is InChI=1S/C6H6N4S2.C5H7NS2.C3H4N2S/c1-12-5-3(2-7)4(11)9-6(8)10-5;1-7-5(8-2)3-4-6;4-2-1-3(5)6/h1H3,(H3,8,9,10,11);3H,1-2H3;1H2,(H2,5,6). The first-order valence-corrected chi connectivity index (χ1v) is 11.0. The highest BCUT2D eigenvalue weighted by atomic mass is 32.2. The van der Waals surface area contributed by atoms with Crippen LogP contribution in [-0.2, 0) is 0 Å². The minimum atomic E-state index is 0.190. The van der Waals surface area contributed by atoms with Gasteiger partial charge in [0.15, 0.2) is 5.95 Å². The van der Waals surface area contributed by atoms with Crippen molar-refractivity contribution in [3.8, 4) is 18.2 Å². The maximum atomic E-state index is 8.69. The number of aromatic nitrogens is 2. The van der Waals surface area contributed by atoms with E-state index in [0.717, 1.165) is 4.24 Å². The van der Waals surface area contributed by atoms with Gasteiger partial charge in [-0.3, -0.25) is 0 Å². The second kappa shape index (κ2) is 16.7. The number of hydrogen-bond donors (Lipinski definition) is 3. The number of thioether (sulfide) groups is 3. The molecule has 138 valence electrons. The van der Waals surface area contributed by atoms with Crippen molar-refractivity contribution in [2.75, 3.05) is 24.5 Å². The first-order valence-electron chi connectivity index (χ1n) is 6.48. The Bertz CT molecular complexity index is 790. The van der Waals surface area contributed by atoms with Crippen LogP contribution < -0.4 is 11.5 Å². The molecule has 0 radical (unpaired) electrons. The van der Waals surface area contributed by atoms with E-state index < -0.39 is 0 Å². The summed E-state index contributed by atoms with van der Waals surface area (Å²) in [6, 6.07) is 5.73. The third-order valence-electron chi connectivity index (χ3n) is 2.05. The molecular weight excluding hydrogens is 427 g/mol. The average molecular weight is 444 g/mol. The molecule has 1 heterocycles. The first kappa shape index (κ1) is 26.5. The van der Waals surface area contributed by atoms with E-state index in [9.17, 15) is 0 Å². The summed E-state index contributed by atoms with van der Waals surface area (Å²) < 4.78 is 1.40. The van der Waals surface area contributed by atoms with Crippen LogP contribution in [0.5, 0.6) is 0 Å². The first-order chi connectivity index (χ1) is 12.3. The molecule has 1 aromatic rings. The van der Waals surface area contributed by atoms with Crippen LogP contribution in [0, 0.1) is 38.6 Å². The molecule has 0 unspecified atom stereocenters. The van der Waals surface area contributed by atoms with Crippen LogP contribution in [0.4, 0.5) is 5.95 Å². The van der Waals surface area contributed by atoms with Crippen molar-refractivity contribution in [1.29, 1.82) is 15.8 Å². The molecule has 0 saturated carbocycles. The Kier molecular flexibility index (Phi) is 17.0. The number of nitrogens with zero attached hydrogens (tertiary/aromatic N) is 4. The van der Waals surface area contributed by atoms with Crippen LogP contribution in [-0.4, -0.2) is 33.7 Å². The quantitative estimate of drug-likeness (QED) is 0.271. The third kappa shape index (κ3) is 12.6. The molecule has 0 fully saturated rings. The number of thiocarbonyl (C=S) groups is 1. The highest BCUT2D eigenvalue weighted by Crippen LogP contribution is 2.22. The molecule has 0 saturated heterocycles. The van der Waals surface area contributed by atoms with Crippen LogP contribution in [0.3, 0.4) is 0 Å². The lowest BCUT2D eigenvalue weighted by molar-refractivity contribution is 1.04. The number of allylic oxidation sites excluding steroid dienone is 1. The van der Waals surface area contributed by atoms with Crippen molar-refractivity contribution < 1.29 is 0 Å². The molecule has 5 N–H and O–H groups in total. The van der Waals surface area contributed by atoms with Gasteiger partial charge in [-0.1, -0.05) is 24.4 Å². The minimum Gasteiger partial charge on any atom is -0.392 e. The van der Waals surface area contributed by atoms with Gasteiger partial charge in [0.25, 0.3) is 0 Å². The van der Waals surface area contributed by atoms with E-state index in [2.05, 4.69) is 22.2 Å². The zero-order valence-electron chi connectivity index (χ0n) is 14.3. The van der Waals surface area contributed by atoms with E-state index in [1.165, 1.54) is 11.8 Å². The second-order valence-electron chi connectivity index (χ2n) is 3.75. The molecular formula is C14H17N7S5. The Morgan fingerprint density at radius 2 is 1.85 bits per heavy atom.